The predicted octanol–water partition coefficient (Wildman–Crippen LogP) is 3.56. The van der Waals surface area contributed by atoms with Crippen LogP contribution >= 0.6 is 0 Å². The summed E-state index contributed by atoms with van der Waals surface area (Å²) >= 11 is 0. The number of hydrogen-bond acceptors (Lipinski definition) is 4. The number of nitrogens with zero attached hydrogens (tertiary/aromatic N) is 3. The molecular weight excluding hydrogens is 276 g/mol. The summed E-state index contributed by atoms with van der Waals surface area (Å²) in [6.45, 7) is 4.89. The first kappa shape index (κ1) is 14.4. The van der Waals surface area contributed by atoms with Gasteiger partial charge in [-0.25, -0.2) is 0 Å². The highest BCUT2D eigenvalue weighted by molar-refractivity contribution is 5.58. The second-order valence-corrected chi connectivity index (χ2v) is 5.40. The first-order valence-electron chi connectivity index (χ1n) is 7.44. The third-order valence-corrected chi connectivity index (χ3v) is 3.74. The van der Waals surface area contributed by atoms with Crippen molar-refractivity contribution in [2.75, 3.05) is 5.32 Å². The van der Waals surface area contributed by atoms with E-state index in [0.717, 1.165) is 23.4 Å². The molecular formula is C17H20N4O. The lowest BCUT2D eigenvalue weighted by Gasteiger charge is -2.12. The highest BCUT2D eigenvalue weighted by Crippen LogP contribution is 2.23. The number of anilines is 1. The van der Waals surface area contributed by atoms with Crippen LogP contribution in [0, 0.1) is 6.92 Å². The van der Waals surface area contributed by atoms with Gasteiger partial charge in [0.25, 0.3) is 0 Å². The van der Waals surface area contributed by atoms with Gasteiger partial charge in [0.1, 0.15) is 5.69 Å². The van der Waals surface area contributed by atoms with E-state index in [1.54, 1.807) is 10.9 Å². The van der Waals surface area contributed by atoms with Crippen LogP contribution in [-0.4, -0.2) is 14.9 Å². The molecule has 1 N–H and O–H groups in total. The molecule has 5 heteroatoms. The van der Waals surface area contributed by atoms with E-state index in [1.165, 1.54) is 16.8 Å². The number of rotatable bonds is 5. The normalized spacial score (nSPS) is 10.9. The van der Waals surface area contributed by atoms with Gasteiger partial charge in [-0.05, 0) is 24.5 Å². The van der Waals surface area contributed by atoms with Crippen LogP contribution in [-0.2, 0) is 20.0 Å². The molecule has 0 saturated carbocycles. The van der Waals surface area contributed by atoms with Gasteiger partial charge in [-0.3, -0.25) is 4.68 Å². The number of hydrogen-bond donors (Lipinski definition) is 1. The summed E-state index contributed by atoms with van der Waals surface area (Å²) in [5.74, 6) is 0.809. The molecule has 0 aliphatic heterocycles. The molecule has 0 aliphatic carbocycles. The molecule has 2 aromatic heterocycles. The maximum atomic E-state index is 5.41. The molecule has 5 nitrogen and oxygen atoms in total. The van der Waals surface area contributed by atoms with Crippen molar-refractivity contribution in [2.24, 2.45) is 7.05 Å². The summed E-state index contributed by atoms with van der Waals surface area (Å²) in [5.41, 5.74) is 5.51. The fourth-order valence-electron chi connectivity index (χ4n) is 2.54. The van der Waals surface area contributed by atoms with Gasteiger partial charge in [-0.2, -0.15) is 5.10 Å². The second kappa shape index (κ2) is 6.05. The Morgan fingerprint density at radius 3 is 2.91 bits per heavy atom. The standard InChI is InChI=1S/C17H20N4O/c1-4-13-7-5-6-12(2)17(13)18-10-15-8-16(20-22-15)14-9-19-21(3)11-14/h5-9,11,18H,4,10H2,1-3H3. The molecule has 3 aromatic rings. The maximum Gasteiger partial charge on any atom is 0.156 e. The summed E-state index contributed by atoms with van der Waals surface area (Å²) in [5, 5.41) is 11.7. The minimum absolute atomic E-state index is 0.616. The van der Waals surface area contributed by atoms with E-state index in [2.05, 4.69) is 47.6 Å². The summed E-state index contributed by atoms with van der Waals surface area (Å²) in [6.07, 6.45) is 4.71. The molecule has 0 saturated heterocycles. The third-order valence-electron chi connectivity index (χ3n) is 3.74. The predicted molar refractivity (Wildman–Crippen MR) is 86.6 cm³/mol. The first-order chi connectivity index (χ1) is 10.7. The van der Waals surface area contributed by atoms with Gasteiger partial charge in [-0.1, -0.05) is 30.3 Å². The maximum absolute atomic E-state index is 5.41. The number of nitrogens with one attached hydrogen (secondary N) is 1. The van der Waals surface area contributed by atoms with Gasteiger partial charge >= 0.3 is 0 Å². The van der Waals surface area contributed by atoms with Crippen molar-refractivity contribution < 1.29 is 4.52 Å². The number of aromatic nitrogens is 3. The summed E-state index contributed by atoms with van der Waals surface area (Å²) in [6, 6.07) is 8.31. The molecule has 114 valence electrons. The molecule has 1 aromatic carbocycles. The van der Waals surface area contributed by atoms with Crippen molar-refractivity contribution in [1.82, 2.24) is 14.9 Å². The molecule has 0 radical (unpaired) electrons. The van der Waals surface area contributed by atoms with Crippen LogP contribution in [0.3, 0.4) is 0 Å². The fourth-order valence-corrected chi connectivity index (χ4v) is 2.54. The molecule has 0 amide bonds. The molecule has 2 heterocycles. The molecule has 0 atom stereocenters. The van der Waals surface area contributed by atoms with E-state index in [1.807, 2.05) is 19.3 Å². The summed E-state index contributed by atoms with van der Waals surface area (Å²) in [7, 11) is 1.89. The van der Waals surface area contributed by atoms with Crippen molar-refractivity contribution in [2.45, 2.75) is 26.8 Å². The van der Waals surface area contributed by atoms with Gasteiger partial charge in [0.05, 0.1) is 12.7 Å². The largest absolute Gasteiger partial charge is 0.377 e. The SMILES string of the molecule is CCc1cccc(C)c1NCc1cc(-c2cnn(C)c2)no1. The molecule has 0 unspecified atom stereocenters. The first-order valence-corrected chi connectivity index (χ1v) is 7.44. The van der Waals surface area contributed by atoms with Crippen LogP contribution < -0.4 is 5.32 Å². The third kappa shape index (κ3) is 2.88. The quantitative estimate of drug-likeness (QED) is 0.782. The van der Waals surface area contributed by atoms with Gasteiger partial charge < -0.3 is 9.84 Å². The topological polar surface area (TPSA) is 55.9 Å². The summed E-state index contributed by atoms with van der Waals surface area (Å²) in [4.78, 5) is 0. The highest BCUT2D eigenvalue weighted by atomic mass is 16.5. The van der Waals surface area contributed by atoms with E-state index < -0.39 is 0 Å². The Morgan fingerprint density at radius 2 is 2.18 bits per heavy atom. The van der Waals surface area contributed by atoms with Crippen LogP contribution in [0.1, 0.15) is 23.8 Å². The number of benzene rings is 1. The molecule has 0 fully saturated rings. The monoisotopic (exact) mass is 296 g/mol. The lowest BCUT2D eigenvalue weighted by molar-refractivity contribution is 0.390. The number of para-hydroxylation sites is 1. The van der Waals surface area contributed by atoms with Crippen LogP contribution in [0.15, 0.2) is 41.2 Å². The molecule has 0 aliphatic rings. The lowest BCUT2D eigenvalue weighted by Crippen LogP contribution is -2.03. The average molecular weight is 296 g/mol. The van der Waals surface area contributed by atoms with Crippen molar-refractivity contribution >= 4 is 5.69 Å². The molecule has 3 rings (SSSR count). The zero-order valence-corrected chi connectivity index (χ0v) is 13.1. The average Bonchev–Trinajstić information content (AvgIpc) is 3.14. The van der Waals surface area contributed by atoms with Crippen LogP contribution in [0.25, 0.3) is 11.3 Å². The minimum atomic E-state index is 0.616. The zero-order chi connectivity index (χ0) is 15.5. The van der Waals surface area contributed by atoms with Gasteiger partial charge in [0.2, 0.25) is 0 Å². The fraction of sp³-hybridized carbons (Fsp3) is 0.294. The van der Waals surface area contributed by atoms with E-state index in [9.17, 15) is 0 Å². The Hall–Kier alpha value is -2.56. The van der Waals surface area contributed by atoms with E-state index >= 15 is 0 Å². The van der Waals surface area contributed by atoms with Crippen LogP contribution in [0.5, 0.6) is 0 Å². The van der Waals surface area contributed by atoms with Crippen LogP contribution in [0.4, 0.5) is 5.69 Å². The van der Waals surface area contributed by atoms with Gasteiger partial charge in [-0.15, -0.1) is 0 Å². The lowest BCUT2D eigenvalue weighted by atomic mass is 10.1. The van der Waals surface area contributed by atoms with Crippen molar-refractivity contribution in [3.8, 4) is 11.3 Å². The molecule has 22 heavy (non-hydrogen) atoms. The van der Waals surface area contributed by atoms with Crippen molar-refractivity contribution in [3.05, 3.63) is 53.5 Å². The van der Waals surface area contributed by atoms with E-state index in [4.69, 9.17) is 4.52 Å². The Labute approximate surface area is 129 Å². The smallest absolute Gasteiger partial charge is 0.156 e. The molecule has 0 spiro atoms. The van der Waals surface area contributed by atoms with E-state index in [-0.39, 0.29) is 0 Å². The summed E-state index contributed by atoms with van der Waals surface area (Å²) < 4.78 is 7.17. The van der Waals surface area contributed by atoms with Gasteiger partial charge in [0.15, 0.2) is 5.76 Å². The molecule has 0 bridgehead atoms. The second-order valence-electron chi connectivity index (χ2n) is 5.40. The van der Waals surface area contributed by atoms with E-state index in [0.29, 0.717) is 6.54 Å². The van der Waals surface area contributed by atoms with Crippen molar-refractivity contribution in [1.29, 1.82) is 0 Å². The Kier molecular flexibility index (Phi) is 3.96. The van der Waals surface area contributed by atoms with Gasteiger partial charge in [0, 0.05) is 30.6 Å². The van der Waals surface area contributed by atoms with Crippen molar-refractivity contribution in [3.63, 3.8) is 0 Å². The Balaban J connectivity index is 1.74. The Morgan fingerprint density at radius 1 is 1.32 bits per heavy atom. The zero-order valence-electron chi connectivity index (χ0n) is 13.1. The highest BCUT2D eigenvalue weighted by Gasteiger charge is 2.09. The van der Waals surface area contributed by atoms with Crippen LogP contribution in [0.2, 0.25) is 0 Å². The Bertz CT molecular complexity index is 773. The number of aryl methyl sites for hydroxylation is 3. The minimum Gasteiger partial charge on any atom is -0.377 e.